The molecule has 6 heteroatoms. The second-order valence-corrected chi connectivity index (χ2v) is 9.74. The van der Waals surface area contributed by atoms with Crippen LogP contribution < -0.4 is 0 Å². The highest BCUT2D eigenvalue weighted by Crippen LogP contribution is 2.13. The number of carboxylic acid groups (broad SMARTS) is 2. The summed E-state index contributed by atoms with van der Waals surface area (Å²) in [6.07, 6.45) is 22.1. The van der Waals surface area contributed by atoms with Crippen LogP contribution >= 0.6 is 0 Å². The maximum Gasteiger partial charge on any atom is 0.305 e. The molecule has 0 saturated carbocycles. The zero-order valence-corrected chi connectivity index (χ0v) is 22.3. The van der Waals surface area contributed by atoms with Gasteiger partial charge in [0.2, 0.25) is 0 Å². The molecule has 0 aromatic heterocycles. The summed E-state index contributed by atoms with van der Waals surface area (Å²) in [7, 11) is 0. The average molecular weight is 489 g/mol. The highest BCUT2D eigenvalue weighted by atomic mass is 16.4. The van der Waals surface area contributed by atoms with E-state index in [2.05, 4.69) is 13.8 Å². The lowest BCUT2D eigenvalue weighted by molar-refractivity contribution is -0.140. The molecule has 34 heavy (non-hydrogen) atoms. The lowest BCUT2D eigenvalue weighted by atomic mass is 10.0. The van der Waals surface area contributed by atoms with Crippen LogP contribution in [0.1, 0.15) is 155 Å². The van der Waals surface area contributed by atoms with Gasteiger partial charge < -0.3 is 20.4 Å². The number of carbonyl (C=O) groups is 2. The Labute approximate surface area is 209 Å². The molecule has 0 aromatic rings. The van der Waals surface area contributed by atoms with E-state index < -0.39 is 24.1 Å². The van der Waals surface area contributed by atoms with E-state index >= 15 is 0 Å². The van der Waals surface area contributed by atoms with Crippen LogP contribution in [0.5, 0.6) is 0 Å². The third-order valence-electron chi connectivity index (χ3n) is 6.10. The molecule has 0 aromatic carbocycles. The molecule has 204 valence electrons. The normalized spacial score (nSPS) is 12.6. The molecule has 0 aliphatic heterocycles. The van der Waals surface area contributed by atoms with E-state index in [0.717, 1.165) is 25.7 Å². The summed E-state index contributed by atoms with van der Waals surface area (Å²) < 4.78 is 0. The first-order chi connectivity index (χ1) is 16.3. The summed E-state index contributed by atoms with van der Waals surface area (Å²) in [5, 5.41) is 35.6. The number of aliphatic hydroxyl groups excluding tert-OH is 2. The van der Waals surface area contributed by atoms with Crippen LogP contribution in [0.25, 0.3) is 0 Å². The third-order valence-corrected chi connectivity index (χ3v) is 6.10. The Kier molecular flexibility index (Phi) is 28.9. The van der Waals surface area contributed by atoms with Gasteiger partial charge in [-0.2, -0.15) is 0 Å². The molecule has 1 unspecified atom stereocenters. The van der Waals surface area contributed by atoms with Gasteiger partial charge in [0.1, 0.15) is 0 Å². The summed E-state index contributed by atoms with van der Waals surface area (Å²) in [6, 6.07) is 0. The monoisotopic (exact) mass is 488 g/mol. The highest BCUT2D eigenvalue weighted by Gasteiger charge is 2.09. The molecular formula is C28H56O6. The fourth-order valence-corrected chi connectivity index (χ4v) is 3.99. The lowest BCUT2D eigenvalue weighted by Crippen LogP contribution is -2.12. The lowest BCUT2D eigenvalue weighted by Gasteiger charge is -2.07. The second-order valence-electron chi connectivity index (χ2n) is 9.74. The summed E-state index contributed by atoms with van der Waals surface area (Å²) in [6.45, 7) is 4.45. The Morgan fingerprint density at radius 2 is 0.706 bits per heavy atom. The first-order valence-corrected chi connectivity index (χ1v) is 14.1. The van der Waals surface area contributed by atoms with Gasteiger partial charge in [-0.05, 0) is 12.8 Å². The number of aliphatic carboxylic acids is 2. The minimum atomic E-state index is -0.909. The van der Waals surface area contributed by atoms with Crippen molar-refractivity contribution in [3.8, 4) is 0 Å². The van der Waals surface area contributed by atoms with Crippen molar-refractivity contribution in [1.82, 2.24) is 0 Å². The maximum absolute atomic E-state index is 10.3. The molecule has 0 aliphatic rings. The zero-order valence-electron chi connectivity index (χ0n) is 22.3. The van der Waals surface area contributed by atoms with E-state index in [9.17, 15) is 19.8 Å². The highest BCUT2D eigenvalue weighted by molar-refractivity contribution is 5.67. The molecule has 0 fully saturated rings. The fourth-order valence-electron chi connectivity index (χ4n) is 3.99. The summed E-state index contributed by atoms with van der Waals surface area (Å²) in [5.41, 5.74) is 0. The first kappa shape index (κ1) is 35.0. The number of unbranched alkanes of at least 4 members (excludes halogenated alkanes) is 16. The fraction of sp³-hybridized carbons (Fsp3) is 0.929. The van der Waals surface area contributed by atoms with Crippen molar-refractivity contribution in [2.75, 3.05) is 0 Å². The number of hydrogen-bond donors (Lipinski definition) is 4. The minimum absolute atomic E-state index is 0.114. The molecule has 4 N–H and O–H groups in total. The first-order valence-electron chi connectivity index (χ1n) is 14.1. The van der Waals surface area contributed by atoms with Crippen molar-refractivity contribution in [3.63, 3.8) is 0 Å². The van der Waals surface area contributed by atoms with Crippen LogP contribution in [0.4, 0.5) is 0 Å². The predicted molar refractivity (Wildman–Crippen MR) is 140 cm³/mol. The van der Waals surface area contributed by atoms with E-state index in [-0.39, 0.29) is 12.8 Å². The van der Waals surface area contributed by atoms with Gasteiger partial charge >= 0.3 is 11.9 Å². The molecule has 0 rings (SSSR count). The van der Waals surface area contributed by atoms with Gasteiger partial charge in [-0.15, -0.1) is 0 Å². The summed E-state index contributed by atoms with van der Waals surface area (Å²) in [4.78, 5) is 20.6. The molecule has 0 spiro atoms. The Hall–Kier alpha value is -1.14. The van der Waals surface area contributed by atoms with Gasteiger partial charge in [-0.25, -0.2) is 0 Å². The number of aliphatic hydroxyl groups is 2. The molecule has 0 amide bonds. The Morgan fingerprint density at radius 1 is 0.471 bits per heavy atom. The summed E-state index contributed by atoms with van der Waals surface area (Å²) in [5.74, 6) is -1.82. The predicted octanol–water partition coefficient (Wildman–Crippen LogP) is 7.49. The minimum Gasteiger partial charge on any atom is -0.481 e. The topological polar surface area (TPSA) is 115 Å². The average Bonchev–Trinajstić information content (AvgIpc) is 2.76. The van der Waals surface area contributed by atoms with E-state index in [1.165, 1.54) is 89.9 Å². The van der Waals surface area contributed by atoms with E-state index in [0.29, 0.717) is 12.8 Å². The largest absolute Gasteiger partial charge is 0.481 e. The standard InChI is InChI=1S/2C14H28O3/c2*1-2-3-4-5-6-7-8-9-10-11-13(15)12-14(16)17/h2*13,15H,2-12H2,1H3,(H,16,17)/t13-;/m1./s1. The van der Waals surface area contributed by atoms with E-state index in [1.807, 2.05) is 0 Å². The van der Waals surface area contributed by atoms with Crippen molar-refractivity contribution >= 4 is 11.9 Å². The summed E-state index contributed by atoms with van der Waals surface area (Å²) >= 11 is 0. The van der Waals surface area contributed by atoms with Crippen molar-refractivity contribution < 1.29 is 30.0 Å². The second kappa shape index (κ2) is 28.1. The molecule has 0 saturated heterocycles. The van der Waals surface area contributed by atoms with Gasteiger partial charge in [0, 0.05) is 0 Å². The Morgan fingerprint density at radius 3 is 0.941 bits per heavy atom. The number of carboxylic acids is 2. The van der Waals surface area contributed by atoms with Crippen molar-refractivity contribution in [1.29, 1.82) is 0 Å². The van der Waals surface area contributed by atoms with Crippen LogP contribution in [0.3, 0.4) is 0 Å². The quantitative estimate of drug-likeness (QED) is 0.105. The molecule has 6 nitrogen and oxygen atoms in total. The van der Waals surface area contributed by atoms with Crippen molar-refractivity contribution in [2.24, 2.45) is 0 Å². The van der Waals surface area contributed by atoms with Crippen LogP contribution in [-0.4, -0.2) is 44.6 Å². The smallest absolute Gasteiger partial charge is 0.305 e. The van der Waals surface area contributed by atoms with Crippen LogP contribution in [-0.2, 0) is 9.59 Å². The molecule has 0 heterocycles. The van der Waals surface area contributed by atoms with Crippen molar-refractivity contribution in [3.05, 3.63) is 0 Å². The molecule has 0 aliphatic carbocycles. The van der Waals surface area contributed by atoms with Gasteiger partial charge in [-0.3, -0.25) is 9.59 Å². The van der Waals surface area contributed by atoms with E-state index in [1.54, 1.807) is 0 Å². The molecule has 0 bridgehead atoms. The SMILES string of the molecule is CCCCCCCCCCCC(O)CC(=O)O.CCCCCCCCCCC[C@@H](O)CC(=O)O. The Bertz CT molecular complexity index is 401. The van der Waals surface area contributed by atoms with Crippen LogP contribution in [0.15, 0.2) is 0 Å². The van der Waals surface area contributed by atoms with Gasteiger partial charge in [0.05, 0.1) is 25.0 Å². The van der Waals surface area contributed by atoms with Gasteiger partial charge in [0.25, 0.3) is 0 Å². The van der Waals surface area contributed by atoms with Gasteiger partial charge in [-0.1, -0.05) is 129 Å². The van der Waals surface area contributed by atoms with E-state index in [4.69, 9.17) is 10.2 Å². The van der Waals surface area contributed by atoms with Crippen LogP contribution in [0, 0.1) is 0 Å². The number of hydrogen-bond acceptors (Lipinski definition) is 4. The molecular weight excluding hydrogens is 432 g/mol. The molecule has 2 atom stereocenters. The molecule has 0 radical (unpaired) electrons. The number of rotatable bonds is 24. The maximum atomic E-state index is 10.3. The van der Waals surface area contributed by atoms with Crippen molar-refractivity contribution in [2.45, 2.75) is 167 Å². The zero-order chi connectivity index (χ0) is 25.9. The van der Waals surface area contributed by atoms with Gasteiger partial charge in [0.15, 0.2) is 0 Å². The Balaban J connectivity index is 0. The van der Waals surface area contributed by atoms with Crippen LogP contribution in [0.2, 0.25) is 0 Å². The third kappa shape index (κ3) is 33.0.